The van der Waals surface area contributed by atoms with Gasteiger partial charge in [0.25, 0.3) is 0 Å². The predicted octanol–water partition coefficient (Wildman–Crippen LogP) is 15.0. The van der Waals surface area contributed by atoms with Crippen LogP contribution >= 0.6 is 0 Å². The van der Waals surface area contributed by atoms with Crippen molar-refractivity contribution in [2.24, 2.45) is 0 Å². The molecule has 0 fully saturated rings. The van der Waals surface area contributed by atoms with Crippen LogP contribution in [-0.2, 0) is 0 Å². The van der Waals surface area contributed by atoms with E-state index in [1.165, 1.54) is 66.1 Å². The summed E-state index contributed by atoms with van der Waals surface area (Å²) >= 11 is 0. The van der Waals surface area contributed by atoms with E-state index >= 15 is 0 Å². The Bertz CT molecular complexity index is 3140. The van der Waals surface area contributed by atoms with Crippen molar-refractivity contribution in [3.05, 3.63) is 231 Å². The second kappa shape index (κ2) is 14.7. The van der Waals surface area contributed by atoms with Crippen LogP contribution in [0.2, 0.25) is 0 Å². The minimum absolute atomic E-state index is 0.869. The Morgan fingerprint density at radius 2 is 0.484 bits per heavy atom. The molecule has 0 aliphatic rings. The lowest BCUT2D eigenvalue weighted by molar-refractivity contribution is 1.07. The van der Waals surface area contributed by atoms with E-state index in [0.29, 0.717) is 0 Å². The highest BCUT2D eigenvalue weighted by molar-refractivity contribution is 6.12. The van der Waals surface area contributed by atoms with Gasteiger partial charge < -0.3 is 0 Å². The molecular formula is C58H38N4. The van der Waals surface area contributed by atoms with E-state index in [-0.39, 0.29) is 0 Å². The molecule has 0 aliphatic heterocycles. The molecule has 0 saturated heterocycles. The van der Waals surface area contributed by atoms with Crippen LogP contribution in [0.15, 0.2) is 231 Å². The van der Waals surface area contributed by atoms with Crippen molar-refractivity contribution < 1.29 is 0 Å². The van der Waals surface area contributed by atoms with Gasteiger partial charge in [0.05, 0.1) is 22.1 Å². The van der Waals surface area contributed by atoms with Crippen molar-refractivity contribution in [1.82, 2.24) is 19.1 Å². The van der Waals surface area contributed by atoms with Crippen LogP contribution < -0.4 is 0 Å². The fourth-order valence-electron chi connectivity index (χ4n) is 9.16. The number of hydrogen-bond acceptors (Lipinski definition) is 2. The summed E-state index contributed by atoms with van der Waals surface area (Å²) in [7, 11) is 0. The largest absolute Gasteiger partial charge is 0.294 e. The van der Waals surface area contributed by atoms with Crippen LogP contribution in [-0.4, -0.2) is 19.1 Å². The molecule has 0 aliphatic carbocycles. The average Bonchev–Trinajstić information content (AvgIpc) is 3.86. The number of benzene rings is 8. The maximum absolute atomic E-state index is 5.11. The van der Waals surface area contributed by atoms with Crippen molar-refractivity contribution in [2.45, 2.75) is 0 Å². The highest BCUT2D eigenvalue weighted by Gasteiger charge is 2.18. The van der Waals surface area contributed by atoms with Gasteiger partial charge in [-0.3, -0.25) is 9.13 Å². The summed E-state index contributed by atoms with van der Waals surface area (Å²) in [6.45, 7) is 0. The van der Waals surface area contributed by atoms with Gasteiger partial charge in [0, 0.05) is 45.1 Å². The second-order valence-electron chi connectivity index (χ2n) is 15.9. The number of fused-ring (bicyclic) bond motifs is 6. The summed E-state index contributed by atoms with van der Waals surface area (Å²) in [5.41, 5.74) is 16.1. The van der Waals surface area contributed by atoms with E-state index in [0.717, 1.165) is 44.8 Å². The molecule has 4 heteroatoms. The predicted molar refractivity (Wildman–Crippen MR) is 258 cm³/mol. The first-order chi connectivity index (χ1) is 30.7. The molecule has 4 heterocycles. The lowest BCUT2D eigenvalue weighted by Gasteiger charge is -2.10. The first-order valence-corrected chi connectivity index (χ1v) is 21.0. The molecule has 0 radical (unpaired) electrons. The minimum atomic E-state index is 0.869. The molecule has 0 bridgehead atoms. The molecule has 12 rings (SSSR count). The third-order valence-electron chi connectivity index (χ3n) is 12.2. The zero-order chi connectivity index (χ0) is 41.0. The van der Waals surface area contributed by atoms with Gasteiger partial charge in [-0.15, -0.1) is 0 Å². The Labute approximate surface area is 359 Å². The molecule has 8 aromatic carbocycles. The van der Waals surface area contributed by atoms with Crippen LogP contribution in [0.1, 0.15) is 0 Å². The molecule has 290 valence electrons. The zero-order valence-corrected chi connectivity index (χ0v) is 33.7. The maximum Gasteiger partial charge on any atom is 0.137 e. The molecule has 0 saturated carbocycles. The molecule has 0 spiro atoms. The SMILES string of the molecule is c1ccc(-c2ccc3c(c2)c2cc(-c4ccccc4)ccc2n3-c2ccc(-c3ccc(-n4c5ccc(-c6ccccc6)cc5c5cc(-c6ccccc6)ccc54)nc3)cn2)cc1. The molecular weight excluding hydrogens is 753 g/mol. The number of rotatable bonds is 7. The molecule has 0 unspecified atom stereocenters. The molecule has 0 N–H and O–H groups in total. The monoisotopic (exact) mass is 790 g/mol. The van der Waals surface area contributed by atoms with Crippen LogP contribution in [0.3, 0.4) is 0 Å². The number of aromatic nitrogens is 4. The van der Waals surface area contributed by atoms with Crippen LogP contribution in [0.5, 0.6) is 0 Å². The van der Waals surface area contributed by atoms with Gasteiger partial charge in [-0.05, 0) is 117 Å². The Kier molecular flexibility index (Phi) is 8.46. The van der Waals surface area contributed by atoms with Gasteiger partial charge in [-0.2, -0.15) is 0 Å². The van der Waals surface area contributed by atoms with Gasteiger partial charge in [0.15, 0.2) is 0 Å². The molecule has 4 nitrogen and oxygen atoms in total. The van der Waals surface area contributed by atoms with E-state index < -0.39 is 0 Å². The third-order valence-corrected chi connectivity index (χ3v) is 12.2. The molecule has 62 heavy (non-hydrogen) atoms. The Hall–Kier alpha value is -8.34. The molecule has 4 aromatic heterocycles. The fraction of sp³-hybridized carbons (Fsp3) is 0. The van der Waals surface area contributed by atoms with E-state index in [9.17, 15) is 0 Å². The van der Waals surface area contributed by atoms with Crippen molar-refractivity contribution in [2.75, 3.05) is 0 Å². The summed E-state index contributed by atoms with van der Waals surface area (Å²) in [4.78, 5) is 10.2. The van der Waals surface area contributed by atoms with Crippen LogP contribution in [0.4, 0.5) is 0 Å². The lowest BCUT2D eigenvalue weighted by Crippen LogP contribution is -1.98. The smallest absolute Gasteiger partial charge is 0.137 e. The average molecular weight is 791 g/mol. The highest BCUT2D eigenvalue weighted by atomic mass is 15.1. The van der Waals surface area contributed by atoms with Gasteiger partial charge in [0.1, 0.15) is 11.6 Å². The van der Waals surface area contributed by atoms with Crippen molar-refractivity contribution in [1.29, 1.82) is 0 Å². The summed E-state index contributed by atoms with van der Waals surface area (Å²) in [5, 5.41) is 4.79. The Balaban J connectivity index is 0.928. The number of nitrogens with zero attached hydrogens (tertiary/aromatic N) is 4. The number of hydrogen-bond donors (Lipinski definition) is 0. The second-order valence-corrected chi connectivity index (χ2v) is 15.9. The molecule has 0 atom stereocenters. The summed E-state index contributed by atoms with van der Waals surface area (Å²) in [6, 6.07) is 78.0. The van der Waals surface area contributed by atoms with E-state index in [1.54, 1.807) is 0 Å². The van der Waals surface area contributed by atoms with E-state index in [1.807, 2.05) is 12.4 Å². The van der Waals surface area contributed by atoms with Gasteiger partial charge >= 0.3 is 0 Å². The Morgan fingerprint density at radius 3 is 0.726 bits per heavy atom. The van der Waals surface area contributed by atoms with Crippen LogP contribution in [0.25, 0.3) is 111 Å². The molecule has 12 aromatic rings. The first kappa shape index (κ1) is 35.6. The van der Waals surface area contributed by atoms with Gasteiger partial charge in [-0.25, -0.2) is 9.97 Å². The standard InChI is InChI=1S/C58H38N4/c1-5-13-39(14-6-1)43-21-27-53-49(33-43)50-34-44(40-15-7-2-8-16-40)22-28-54(50)61(53)57-31-25-47(37-59-57)48-26-32-58(60-38-48)62-55-29-23-45(41-17-9-3-10-18-41)35-51(55)52-36-46(24-30-56(52)62)42-19-11-4-12-20-42/h1-38H. The van der Waals surface area contributed by atoms with Crippen molar-refractivity contribution >= 4 is 43.6 Å². The number of pyridine rings is 2. The van der Waals surface area contributed by atoms with Crippen molar-refractivity contribution in [3.8, 4) is 67.3 Å². The highest BCUT2D eigenvalue weighted by Crippen LogP contribution is 2.39. The first-order valence-electron chi connectivity index (χ1n) is 21.0. The Morgan fingerprint density at radius 1 is 0.226 bits per heavy atom. The topological polar surface area (TPSA) is 35.6 Å². The van der Waals surface area contributed by atoms with E-state index in [2.05, 4.69) is 228 Å². The van der Waals surface area contributed by atoms with Crippen molar-refractivity contribution in [3.63, 3.8) is 0 Å². The molecule has 0 amide bonds. The summed E-state index contributed by atoms with van der Waals surface area (Å²) < 4.78 is 4.57. The normalized spacial score (nSPS) is 11.5. The maximum atomic E-state index is 5.11. The third kappa shape index (κ3) is 6.08. The lowest BCUT2D eigenvalue weighted by atomic mass is 10.0. The minimum Gasteiger partial charge on any atom is -0.294 e. The fourth-order valence-corrected chi connectivity index (χ4v) is 9.16. The van der Waals surface area contributed by atoms with Crippen LogP contribution in [0, 0.1) is 0 Å². The summed E-state index contributed by atoms with van der Waals surface area (Å²) in [5.74, 6) is 1.74. The quantitative estimate of drug-likeness (QED) is 0.161. The summed E-state index contributed by atoms with van der Waals surface area (Å²) in [6.07, 6.45) is 3.94. The van der Waals surface area contributed by atoms with Gasteiger partial charge in [-0.1, -0.05) is 146 Å². The van der Waals surface area contributed by atoms with E-state index in [4.69, 9.17) is 9.97 Å². The zero-order valence-electron chi connectivity index (χ0n) is 33.7. The van der Waals surface area contributed by atoms with Gasteiger partial charge in [0.2, 0.25) is 0 Å².